The van der Waals surface area contributed by atoms with E-state index in [9.17, 15) is 9.59 Å². The number of hydrogen-bond acceptors (Lipinski definition) is 3. The summed E-state index contributed by atoms with van der Waals surface area (Å²) in [5.41, 5.74) is 6.25. The Morgan fingerprint density at radius 1 is 0.974 bits per heavy atom. The van der Waals surface area contributed by atoms with Crippen LogP contribution in [0.15, 0.2) is 77.7 Å². The Bertz CT molecular complexity index is 1540. The smallest absolute Gasteiger partial charge is 0.258 e. The Kier molecular flexibility index (Phi) is 6.97. The molecule has 4 aromatic rings. The fourth-order valence-electron chi connectivity index (χ4n) is 4.61. The van der Waals surface area contributed by atoms with Crippen molar-refractivity contribution < 1.29 is 4.79 Å². The SMILES string of the molecule is Cc1ccc(C(=O)NC2CC2)cc1-c1ccc2c(=O)n(Cc3ccc(CN(C)C(C)(C)C)cc3)ccc2c1. The summed E-state index contributed by atoms with van der Waals surface area (Å²) in [6.45, 7) is 10.1. The van der Waals surface area contributed by atoms with Crippen molar-refractivity contribution in [3.05, 3.63) is 106 Å². The van der Waals surface area contributed by atoms with Gasteiger partial charge in [0.2, 0.25) is 0 Å². The molecule has 196 valence electrons. The molecule has 0 spiro atoms. The van der Waals surface area contributed by atoms with E-state index in [0.29, 0.717) is 23.5 Å². The number of aryl methyl sites for hydroxylation is 1. The first kappa shape index (κ1) is 25.9. The van der Waals surface area contributed by atoms with Crippen LogP contribution in [0.2, 0.25) is 0 Å². The third-order valence-electron chi connectivity index (χ3n) is 7.64. The van der Waals surface area contributed by atoms with Gasteiger partial charge in [0, 0.05) is 35.3 Å². The minimum atomic E-state index is -0.0216. The average Bonchev–Trinajstić information content (AvgIpc) is 3.70. The molecule has 1 saturated carbocycles. The zero-order valence-electron chi connectivity index (χ0n) is 23.0. The van der Waals surface area contributed by atoms with Crippen LogP contribution in [0.1, 0.15) is 60.7 Å². The van der Waals surface area contributed by atoms with Gasteiger partial charge < -0.3 is 9.88 Å². The second kappa shape index (κ2) is 10.2. The Morgan fingerprint density at radius 2 is 1.68 bits per heavy atom. The minimum Gasteiger partial charge on any atom is -0.349 e. The number of aromatic nitrogens is 1. The second-order valence-corrected chi connectivity index (χ2v) is 11.7. The summed E-state index contributed by atoms with van der Waals surface area (Å²) in [4.78, 5) is 28.2. The first-order valence-electron chi connectivity index (χ1n) is 13.4. The molecule has 5 heteroatoms. The quantitative estimate of drug-likeness (QED) is 0.327. The summed E-state index contributed by atoms with van der Waals surface area (Å²) in [7, 11) is 2.14. The van der Waals surface area contributed by atoms with Gasteiger partial charge in [0.25, 0.3) is 11.5 Å². The summed E-state index contributed by atoms with van der Waals surface area (Å²) in [6, 6.07) is 22.6. The van der Waals surface area contributed by atoms with Crippen LogP contribution in [0.25, 0.3) is 21.9 Å². The van der Waals surface area contributed by atoms with E-state index in [-0.39, 0.29) is 17.0 Å². The fraction of sp³-hybridized carbons (Fsp3) is 0.333. The van der Waals surface area contributed by atoms with E-state index in [4.69, 9.17) is 0 Å². The Labute approximate surface area is 225 Å². The molecule has 1 fully saturated rings. The van der Waals surface area contributed by atoms with Gasteiger partial charge in [0.1, 0.15) is 0 Å². The van der Waals surface area contributed by atoms with E-state index >= 15 is 0 Å². The van der Waals surface area contributed by atoms with Gasteiger partial charge >= 0.3 is 0 Å². The Morgan fingerprint density at radius 3 is 2.37 bits per heavy atom. The molecule has 1 amide bonds. The van der Waals surface area contributed by atoms with E-state index < -0.39 is 0 Å². The molecule has 0 radical (unpaired) electrons. The fourth-order valence-corrected chi connectivity index (χ4v) is 4.61. The molecule has 0 bridgehead atoms. The number of pyridine rings is 1. The van der Waals surface area contributed by atoms with Crippen LogP contribution in [0.5, 0.6) is 0 Å². The average molecular weight is 508 g/mol. The van der Waals surface area contributed by atoms with Crippen molar-refractivity contribution in [2.75, 3.05) is 7.05 Å². The Hall–Kier alpha value is -3.70. The lowest BCUT2D eigenvalue weighted by Gasteiger charge is -2.31. The summed E-state index contributed by atoms with van der Waals surface area (Å²) in [5, 5.41) is 4.66. The first-order chi connectivity index (χ1) is 18.1. The normalized spacial score (nSPS) is 13.7. The van der Waals surface area contributed by atoms with Crippen LogP contribution in [-0.4, -0.2) is 34.0 Å². The maximum atomic E-state index is 13.3. The number of nitrogens with one attached hydrogen (secondary N) is 1. The lowest BCUT2D eigenvalue weighted by Crippen LogP contribution is -2.37. The van der Waals surface area contributed by atoms with Crippen LogP contribution in [0.4, 0.5) is 0 Å². The number of carbonyl (C=O) groups excluding carboxylic acids is 1. The van der Waals surface area contributed by atoms with Crippen molar-refractivity contribution in [3.8, 4) is 11.1 Å². The van der Waals surface area contributed by atoms with Gasteiger partial charge in [0.15, 0.2) is 0 Å². The number of amides is 1. The van der Waals surface area contributed by atoms with Crippen molar-refractivity contribution in [1.82, 2.24) is 14.8 Å². The Balaban J connectivity index is 1.36. The highest BCUT2D eigenvalue weighted by molar-refractivity contribution is 5.96. The highest BCUT2D eigenvalue weighted by Crippen LogP contribution is 2.28. The van der Waals surface area contributed by atoms with Gasteiger partial charge in [0.05, 0.1) is 6.54 Å². The summed E-state index contributed by atoms with van der Waals surface area (Å²) in [6.07, 6.45) is 4.00. The van der Waals surface area contributed by atoms with E-state index in [1.54, 1.807) is 4.57 Å². The summed E-state index contributed by atoms with van der Waals surface area (Å²) in [5.74, 6) is -0.0216. The molecule has 1 aliphatic carbocycles. The molecule has 1 N–H and O–H groups in total. The van der Waals surface area contributed by atoms with Crippen LogP contribution >= 0.6 is 0 Å². The number of hydrogen-bond donors (Lipinski definition) is 1. The zero-order valence-corrected chi connectivity index (χ0v) is 23.0. The molecular weight excluding hydrogens is 470 g/mol. The molecule has 0 atom stereocenters. The lowest BCUT2D eigenvalue weighted by atomic mass is 9.96. The third kappa shape index (κ3) is 5.73. The van der Waals surface area contributed by atoms with Crippen molar-refractivity contribution in [2.45, 2.75) is 65.2 Å². The maximum absolute atomic E-state index is 13.3. The van der Waals surface area contributed by atoms with Crippen LogP contribution < -0.4 is 10.9 Å². The topological polar surface area (TPSA) is 54.3 Å². The van der Waals surface area contributed by atoms with Crippen molar-refractivity contribution in [2.24, 2.45) is 0 Å². The van der Waals surface area contributed by atoms with Gasteiger partial charge in [-0.1, -0.05) is 36.4 Å². The van der Waals surface area contributed by atoms with Crippen molar-refractivity contribution in [3.63, 3.8) is 0 Å². The number of rotatable bonds is 7. The first-order valence-corrected chi connectivity index (χ1v) is 13.4. The third-order valence-corrected chi connectivity index (χ3v) is 7.64. The zero-order chi connectivity index (χ0) is 27.0. The standard InChI is InChI=1S/C33H37N3O2/c1-22-6-11-27(31(37)34-28-13-14-28)19-30(22)25-12-15-29-26(18-25)16-17-36(32(29)38)21-24-9-7-23(8-10-24)20-35(5)33(2,3)4/h6-12,15-19,28H,13-14,20-21H2,1-5H3,(H,34,37). The number of nitrogens with zero attached hydrogens (tertiary/aromatic N) is 2. The highest BCUT2D eigenvalue weighted by atomic mass is 16.1. The minimum absolute atomic E-state index is 0.000115. The number of benzene rings is 3. The van der Waals surface area contributed by atoms with Crippen LogP contribution in [0.3, 0.4) is 0 Å². The number of fused-ring (bicyclic) bond motifs is 1. The van der Waals surface area contributed by atoms with Gasteiger partial charge in [-0.15, -0.1) is 0 Å². The predicted octanol–water partition coefficient (Wildman–Crippen LogP) is 6.15. The summed E-state index contributed by atoms with van der Waals surface area (Å²) >= 11 is 0. The van der Waals surface area contributed by atoms with Crippen LogP contribution in [-0.2, 0) is 13.1 Å². The number of carbonyl (C=O) groups is 1. The maximum Gasteiger partial charge on any atom is 0.258 e. The molecule has 5 nitrogen and oxygen atoms in total. The molecule has 1 aliphatic rings. The molecule has 3 aromatic carbocycles. The van der Waals surface area contributed by atoms with Crippen molar-refractivity contribution in [1.29, 1.82) is 0 Å². The summed E-state index contributed by atoms with van der Waals surface area (Å²) < 4.78 is 1.77. The monoisotopic (exact) mass is 507 g/mol. The molecule has 0 saturated heterocycles. The van der Waals surface area contributed by atoms with E-state index in [1.807, 2.05) is 55.6 Å². The molecular formula is C33H37N3O2. The van der Waals surface area contributed by atoms with Gasteiger partial charge in [-0.05, 0) is 111 Å². The molecule has 1 heterocycles. The van der Waals surface area contributed by atoms with Crippen LogP contribution in [0, 0.1) is 6.92 Å². The molecule has 1 aromatic heterocycles. The van der Waals surface area contributed by atoms with E-state index in [0.717, 1.165) is 47.0 Å². The second-order valence-electron chi connectivity index (χ2n) is 11.7. The van der Waals surface area contributed by atoms with Crippen molar-refractivity contribution >= 4 is 16.7 Å². The van der Waals surface area contributed by atoms with E-state index in [1.165, 1.54) is 5.56 Å². The largest absolute Gasteiger partial charge is 0.349 e. The molecule has 5 rings (SSSR count). The molecule has 0 aliphatic heterocycles. The van der Waals surface area contributed by atoms with E-state index in [2.05, 4.69) is 62.3 Å². The van der Waals surface area contributed by atoms with Gasteiger partial charge in [-0.3, -0.25) is 14.5 Å². The molecule has 0 unspecified atom stereocenters. The van der Waals surface area contributed by atoms with Gasteiger partial charge in [-0.25, -0.2) is 0 Å². The highest BCUT2D eigenvalue weighted by Gasteiger charge is 2.24. The predicted molar refractivity (Wildman–Crippen MR) is 156 cm³/mol. The lowest BCUT2D eigenvalue weighted by molar-refractivity contribution is 0.0951. The van der Waals surface area contributed by atoms with Gasteiger partial charge in [-0.2, -0.15) is 0 Å². The molecule has 38 heavy (non-hydrogen) atoms.